The largest absolute Gasteiger partial charge is 0.344 e. The molecule has 0 saturated heterocycles. The molecule has 0 aliphatic carbocycles. The van der Waals surface area contributed by atoms with Gasteiger partial charge in [0.05, 0.1) is 0 Å². The molecule has 0 radical (unpaired) electrons. The van der Waals surface area contributed by atoms with Crippen molar-refractivity contribution >= 4 is 10.9 Å². The average Bonchev–Trinajstić information content (AvgIpc) is 2.74. The van der Waals surface area contributed by atoms with Crippen molar-refractivity contribution in [3.8, 4) is 0 Å². The first-order chi connectivity index (χ1) is 12.1. The molecule has 4 rings (SSSR count). The highest BCUT2D eigenvalue weighted by Gasteiger charge is 2.20. The van der Waals surface area contributed by atoms with Crippen molar-refractivity contribution in [1.29, 1.82) is 0 Å². The van der Waals surface area contributed by atoms with Crippen LogP contribution in [0.3, 0.4) is 0 Å². The van der Waals surface area contributed by atoms with Gasteiger partial charge in [-0.15, -0.1) is 0 Å². The van der Waals surface area contributed by atoms with E-state index in [0.29, 0.717) is 0 Å². The number of halogens is 1. The van der Waals surface area contributed by atoms with E-state index in [4.69, 9.17) is 0 Å². The Hall–Kier alpha value is -2.13. The Morgan fingerprint density at radius 1 is 1.04 bits per heavy atom. The van der Waals surface area contributed by atoms with Gasteiger partial charge in [-0.2, -0.15) is 0 Å². The summed E-state index contributed by atoms with van der Waals surface area (Å²) in [6, 6.07) is 13.9. The second-order valence-corrected chi connectivity index (χ2v) is 7.24. The van der Waals surface area contributed by atoms with Crippen LogP contribution in [0.2, 0.25) is 0 Å². The topological polar surface area (TPSA) is 8.17 Å². The fraction of sp³-hybridized carbons (Fsp3) is 0.364. The van der Waals surface area contributed by atoms with E-state index in [0.717, 1.165) is 44.5 Å². The van der Waals surface area contributed by atoms with Crippen molar-refractivity contribution in [3.63, 3.8) is 0 Å². The summed E-state index contributed by atoms with van der Waals surface area (Å²) in [4.78, 5) is 2.41. The fourth-order valence-electron chi connectivity index (χ4n) is 4.06. The molecule has 0 atom stereocenters. The maximum atomic E-state index is 14.0. The molecule has 2 nitrogen and oxygen atoms in total. The fourth-order valence-corrected chi connectivity index (χ4v) is 4.06. The number of hydrogen-bond acceptors (Lipinski definition) is 1. The minimum Gasteiger partial charge on any atom is -0.344 e. The summed E-state index contributed by atoms with van der Waals surface area (Å²) in [6.07, 6.45) is 2.89. The molecule has 1 aromatic heterocycles. The smallest absolute Gasteiger partial charge is 0.126 e. The Labute approximate surface area is 148 Å². The highest BCUT2D eigenvalue weighted by atomic mass is 19.1. The quantitative estimate of drug-likeness (QED) is 0.690. The van der Waals surface area contributed by atoms with Crippen LogP contribution >= 0.6 is 0 Å². The predicted octanol–water partition coefficient (Wildman–Crippen LogP) is 4.36. The van der Waals surface area contributed by atoms with Gasteiger partial charge in [-0.3, -0.25) is 0 Å². The predicted molar refractivity (Wildman–Crippen MR) is 102 cm³/mol. The van der Waals surface area contributed by atoms with E-state index < -0.39 is 0 Å². The van der Waals surface area contributed by atoms with Crippen LogP contribution < -0.4 is 0 Å². The molecule has 0 bridgehead atoms. The lowest BCUT2D eigenvalue weighted by Crippen LogP contribution is -2.21. The zero-order chi connectivity index (χ0) is 17.4. The van der Waals surface area contributed by atoms with E-state index in [9.17, 15) is 4.39 Å². The van der Waals surface area contributed by atoms with Crippen molar-refractivity contribution in [1.82, 2.24) is 9.47 Å². The van der Waals surface area contributed by atoms with Crippen molar-refractivity contribution in [2.75, 3.05) is 20.1 Å². The van der Waals surface area contributed by atoms with Gasteiger partial charge in [0, 0.05) is 42.7 Å². The van der Waals surface area contributed by atoms with Crippen LogP contribution in [-0.2, 0) is 25.8 Å². The number of nitrogens with zero attached hydrogens (tertiary/aromatic N) is 2. The molecule has 2 heterocycles. The third-order valence-corrected chi connectivity index (χ3v) is 5.48. The second kappa shape index (κ2) is 6.64. The molecule has 1 aliphatic heterocycles. The van der Waals surface area contributed by atoms with Gasteiger partial charge in [0.25, 0.3) is 0 Å². The van der Waals surface area contributed by atoms with E-state index in [1.807, 2.05) is 12.1 Å². The highest BCUT2D eigenvalue weighted by Crippen LogP contribution is 2.30. The lowest BCUT2D eigenvalue weighted by molar-refractivity contribution is 0.350. The van der Waals surface area contributed by atoms with Crippen LogP contribution in [0.5, 0.6) is 0 Å². The van der Waals surface area contributed by atoms with Crippen LogP contribution in [0, 0.1) is 12.7 Å². The molecule has 0 spiro atoms. The number of aryl methyl sites for hydroxylation is 3. The molecular weight excluding hydrogens is 311 g/mol. The lowest BCUT2D eigenvalue weighted by Gasteiger charge is -2.14. The summed E-state index contributed by atoms with van der Waals surface area (Å²) >= 11 is 0. The number of fused-ring (bicyclic) bond motifs is 3. The first-order valence-corrected chi connectivity index (χ1v) is 9.16. The normalized spacial score (nSPS) is 15.3. The van der Waals surface area contributed by atoms with Crippen LogP contribution in [0.4, 0.5) is 4.39 Å². The molecular formula is C22H25FN2. The average molecular weight is 336 g/mol. The Morgan fingerprint density at radius 2 is 1.84 bits per heavy atom. The molecule has 0 saturated carbocycles. The number of aromatic nitrogens is 1. The molecule has 3 aromatic rings. The van der Waals surface area contributed by atoms with Gasteiger partial charge in [-0.1, -0.05) is 29.8 Å². The maximum Gasteiger partial charge on any atom is 0.126 e. The summed E-state index contributed by atoms with van der Waals surface area (Å²) in [5.74, 6) is -0.0966. The molecule has 25 heavy (non-hydrogen) atoms. The Kier molecular flexibility index (Phi) is 4.34. The molecule has 3 heteroatoms. The molecule has 2 aromatic carbocycles. The Bertz CT molecular complexity index is 910. The number of rotatable bonds is 3. The van der Waals surface area contributed by atoms with Gasteiger partial charge in [-0.25, -0.2) is 4.39 Å². The zero-order valence-corrected chi connectivity index (χ0v) is 15.1. The minimum absolute atomic E-state index is 0.0966. The third-order valence-electron chi connectivity index (χ3n) is 5.48. The Balaban J connectivity index is 1.76. The zero-order valence-electron chi connectivity index (χ0n) is 15.1. The van der Waals surface area contributed by atoms with Gasteiger partial charge in [0.15, 0.2) is 0 Å². The molecule has 0 amide bonds. The molecule has 0 fully saturated rings. The van der Waals surface area contributed by atoms with E-state index in [2.05, 4.69) is 41.6 Å². The molecule has 0 N–H and O–H groups in total. The van der Waals surface area contributed by atoms with Crippen LogP contribution in [0.1, 0.15) is 22.4 Å². The molecule has 1 aliphatic rings. The second-order valence-electron chi connectivity index (χ2n) is 7.24. The van der Waals surface area contributed by atoms with Gasteiger partial charge < -0.3 is 9.47 Å². The first kappa shape index (κ1) is 16.3. The summed E-state index contributed by atoms with van der Waals surface area (Å²) in [6.45, 7) is 5.18. The molecule has 130 valence electrons. The first-order valence-electron chi connectivity index (χ1n) is 9.16. The number of likely N-dealkylation sites (N-methyl/N-ethyl adjacent to an activating group) is 1. The SMILES string of the molecule is Cc1ccc2c(c1)c1c(n2CCc2ccccc2F)CCN(C)CC1. The van der Waals surface area contributed by atoms with Crippen LogP contribution in [0.15, 0.2) is 42.5 Å². The van der Waals surface area contributed by atoms with Crippen molar-refractivity contribution in [2.45, 2.75) is 32.7 Å². The monoisotopic (exact) mass is 336 g/mol. The standard InChI is InChI=1S/C22H25FN2/c1-16-7-8-21-19(15-16)18-10-12-24(2)13-11-22(18)25(21)14-9-17-5-3-4-6-20(17)23/h3-8,15H,9-14H2,1-2H3. The summed E-state index contributed by atoms with van der Waals surface area (Å²) < 4.78 is 16.5. The molecule has 0 unspecified atom stereocenters. The van der Waals surface area contributed by atoms with Crippen molar-refractivity contribution in [2.24, 2.45) is 0 Å². The number of benzene rings is 2. The van der Waals surface area contributed by atoms with Crippen LogP contribution in [0.25, 0.3) is 10.9 Å². The maximum absolute atomic E-state index is 14.0. The minimum atomic E-state index is -0.0966. The third kappa shape index (κ3) is 3.09. The summed E-state index contributed by atoms with van der Waals surface area (Å²) in [7, 11) is 2.20. The van der Waals surface area contributed by atoms with Crippen LogP contribution in [-0.4, -0.2) is 29.6 Å². The van der Waals surface area contributed by atoms with Gasteiger partial charge in [0.2, 0.25) is 0 Å². The van der Waals surface area contributed by atoms with E-state index in [-0.39, 0.29) is 5.82 Å². The van der Waals surface area contributed by atoms with Gasteiger partial charge >= 0.3 is 0 Å². The van der Waals surface area contributed by atoms with Gasteiger partial charge in [-0.05, 0) is 56.1 Å². The summed E-state index contributed by atoms with van der Waals surface area (Å²) in [5, 5.41) is 1.39. The highest BCUT2D eigenvalue weighted by molar-refractivity contribution is 5.86. The van der Waals surface area contributed by atoms with Gasteiger partial charge in [0.1, 0.15) is 5.82 Å². The lowest BCUT2D eigenvalue weighted by atomic mass is 10.1. The van der Waals surface area contributed by atoms with E-state index in [1.54, 1.807) is 12.1 Å². The number of hydrogen-bond donors (Lipinski definition) is 0. The van der Waals surface area contributed by atoms with Crippen molar-refractivity contribution < 1.29 is 4.39 Å². The van der Waals surface area contributed by atoms with E-state index in [1.165, 1.54) is 27.7 Å². The van der Waals surface area contributed by atoms with E-state index >= 15 is 0 Å². The Morgan fingerprint density at radius 3 is 2.68 bits per heavy atom. The summed E-state index contributed by atoms with van der Waals surface area (Å²) in [5.41, 5.74) is 6.35. The van der Waals surface area contributed by atoms with Crippen molar-refractivity contribution in [3.05, 3.63) is 70.7 Å².